The maximum atomic E-state index is 14.0. The molecule has 1 aliphatic heterocycles. The zero-order chi connectivity index (χ0) is 14.0. The fraction of sp³-hybridized carbons (Fsp3) is 0.647. The Kier molecular flexibility index (Phi) is 3.97. The maximum absolute atomic E-state index is 14.0. The van der Waals surface area contributed by atoms with E-state index < -0.39 is 0 Å². The molecule has 1 unspecified atom stereocenters. The van der Waals surface area contributed by atoms with Crippen LogP contribution in [0.4, 0.5) is 4.39 Å². The van der Waals surface area contributed by atoms with Crippen LogP contribution in [0, 0.1) is 12.7 Å². The molecule has 1 heterocycles. The first-order valence-corrected chi connectivity index (χ1v) is 7.74. The van der Waals surface area contributed by atoms with Gasteiger partial charge in [-0.25, -0.2) is 4.39 Å². The molecule has 2 fully saturated rings. The van der Waals surface area contributed by atoms with Crippen LogP contribution in [-0.2, 0) is 4.74 Å². The molecule has 1 aromatic carbocycles. The number of ether oxygens (including phenoxy) is 2. The summed E-state index contributed by atoms with van der Waals surface area (Å²) in [6.07, 6.45) is 7.89. The molecule has 0 amide bonds. The Hall–Kier alpha value is -1.09. The highest BCUT2D eigenvalue weighted by Gasteiger charge is 2.39. The van der Waals surface area contributed by atoms with Gasteiger partial charge in [-0.3, -0.25) is 0 Å². The second kappa shape index (κ2) is 5.72. The van der Waals surface area contributed by atoms with Gasteiger partial charge >= 0.3 is 0 Å². The van der Waals surface area contributed by atoms with E-state index in [-0.39, 0.29) is 17.5 Å². The molecule has 1 aromatic rings. The average Bonchev–Trinajstić information content (AvgIpc) is 2.45. The molecular formula is C17H23FO2. The first-order chi connectivity index (χ1) is 9.69. The van der Waals surface area contributed by atoms with Crippen molar-refractivity contribution in [2.45, 2.75) is 63.6 Å². The largest absolute Gasteiger partial charge is 0.487 e. The molecule has 0 bridgehead atoms. The van der Waals surface area contributed by atoms with Gasteiger partial charge in [0, 0.05) is 12.8 Å². The van der Waals surface area contributed by atoms with Gasteiger partial charge in [-0.05, 0) is 31.4 Å². The number of rotatable bonds is 2. The minimum absolute atomic E-state index is 0.00146. The number of aryl methyl sites for hydroxylation is 1. The van der Waals surface area contributed by atoms with Gasteiger partial charge in [0.25, 0.3) is 0 Å². The van der Waals surface area contributed by atoms with Gasteiger partial charge in [-0.15, -0.1) is 0 Å². The summed E-state index contributed by atoms with van der Waals surface area (Å²) in [6.45, 7) is 2.51. The first-order valence-electron chi connectivity index (χ1n) is 7.74. The fourth-order valence-electron chi connectivity index (χ4n) is 3.52. The van der Waals surface area contributed by atoms with Crippen molar-refractivity contribution >= 4 is 0 Å². The van der Waals surface area contributed by atoms with E-state index in [9.17, 15) is 4.39 Å². The Morgan fingerprint density at radius 2 is 2.05 bits per heavy atom. The van der Waals surface area contributed by atoms with Gasteiger partial charge in [-0.1, -0.05) is 31.4 Å². The zero-order valence-electron chi connectivity index (χ0n) is 12.2. The van der Waals surface area contributed by atoms with E-state index in [4.69, 9.17) is 9.47 Å². The van der Waals surface area contributed by atoms with E-state index in [1.807, 2.05) is 6.07 Å². The highest BCUT2D eigenvalue weighted by atomic mass is 19.1. The van der Waals surface area contributed by atoms with E-state index in [1.54, 1.807) is 19.1 Å². The minimum atomic E-state index is -0.225. The second-order valence-electron chi connectivity index (χ2n) is 6.21. The lowest BCUT2D eigenvalue weighted by molar-refractivity contribution is -0.130. The van der Waals surface area contributed by atoms with E-state index >= 15 is 0 Å². The lowest BCUT2D eigenvalue weighted by atomic mass is 9.79. The topological polar surface area (TPSA) is 18.5 Å². The van der Waals surface area contributed by atoms with Crippen LogP contribution in [0.5, 0.6) is 5.75 Å². The standard InChI is InChI=1S/C17H23FO2/c1-13-6-5-7-15(16(13)18)20-14-8-11-19-17(12-14)9-3-2-4-10-17/h5-7,14H,2-4,8-12H2,1H3. The molecule has 0 N–H and O–H groups in total. The highest BCUT2D eigenvalue weighted by Crippen LogP contribution is 2.39. The summed E-state index contributed by atoms with van der Waals surface area (Å²) in [5, 5.41) is 0. The first kappa shape index (κ1) is 13.9. The lowest BCUT2D eigenvalue weighted by Gasteiger charge is -2.43. The van der Waals surface area contributed by atoms with E-state index in [1.165, 1.54) is 19.3 Å². The number of hydrogen-bond donors (Lipinski definition) is 0. The van der Waals surface area contributed by atoms with Crippen LogP contribution >= 0.6 is 0 Å². The molecule has 3 rings (SSSR count). The Balaban J connectivity index is 1.69. The number of halogens is 1. The molecule has 1 atom stereocenters. The third-order valence-corrected chi connectivity index (χ3v) is 4.66. The smallest absolute Gasteiger partial charge is 0.167 e. The van der Waals surface area contributed by atoms with Crippen molar-refractivity contribution in [3.8, 4) is 5.75 Å². The van der Waals surface area contributed by atoms with Crippen LogP contribution in [-0.4, -0.2) is 18.3 Å². The van der Waals surface area contributed by atoms with E-state index in [2.05, 4.69) is 0 Å². The molecule has 0 radical (unpaired) electrons. The van der Waals surface area contributed by atoms with Gasteiger partial charge in [0.1, 0.15) is 6.10 Å². The predicted molar refractivity (Wildman–Crippen MR) is 76.6 cm³/mol. The summed E-state index contributed by atoms with van der Waals surface area (Å²) in [6, 6.07) is 5.35. The van der Waals surface area contributed by atoms with Crippen molar-refractivity contribution in [1.82, 2.24) is 0 Å². The second-order valence-corrected chi connectivity index (χ2v) is 6.21. The van der Waals surface area contributed by atoms with Crippen molar-refractivity contribution < 1.29 is 13.9 Å². The molecule has 20 heavy (non-hydrogen) atoms. The third kappa shape index (κ3) is 2.83. The lowest BCUT2D eigenvalue weighted by Crippen LogP contribution is -2.45. The summed E-state index contributed by atoms with van der Waals surface area (Å²) in [4.78, 5) is 0. The molecule has 0 aromatic heterocycles. The molecule has 1 saturated heterocycles. The summed E-state index contributed by atoms with van der Waals surface area (Å²) in [5.41, 5.74) is 0.642. The zero-order valence-corrected chi connectivity index (χ0v) is 12.2. The maximum Gasteiger partial charge on any atom is 0.167 e. The Morgan fingerprint density at radius 3 is 2.85 bits per heavy atom. The molecule has 110 valence electrons. The van der Waals surface area contributed by atoms with Crippen LogP contribution in [0.15, 0.2) is 18.2 Å². The van der Waals surface area contributed by atoms with Crippen LogP contribution in [0.2, 0.25) is 0 Å². The monoisotopic (exact) mass is 278 g/mol. The summed E-state index contributed by atoms with van der Waals surface area (Å²) in [5.74, 6) is 0.166. The molecule has 3 heteroatoms. The van der Waals surface area contributed by atoms with E-state index in [0.29, 0.717) is 11.3 Å². The number of hydrogen-bond acceptors (Lipinski definition) is 2. The van der Waals surface area contributed by atoms with Gasteiger partial charge in [-0.2, -0.15) is 0 Å². The summed E-state index contributed by atoms with van der Waals surface area (Å²) in [7, 11) is 0. The van der Waals surface area contributed by atoms with Crippen LogP contribution in [0.1, 0.15) is 50.5 Å². The van der Waals surface area contributed by atoms with Crippen LogP contribution in [0.25, 0.3) is 0 Å². The molecule has 1 spiro atoms. The highest BCUT2D eigenvalue weighted by molar-refractivity contribution is 5.30. The van der Waals surface area contributed by atoms with Crippen LogP contribution < -0.4 is 4.74 Å². The molecular weight excluding hydrogens is 255 g/mol. The van der Waals surface area contributed by atoms with Gasteiger partial charge < -0.3 is 9.47 Å². The average molecular weight is 278 g/mol. The van der Waals surface area contributed by atoms with Gasteiger partial charge in [0.05, 0.1) is 12.2 Å². The van der Waals surface area contributed by atoms with Crippen molar-refractivity contribution in [2.24, 2.45) is 0 Å². The van der Waals surface area contributed by atoms with Crippen molar-refractivity contribution in [1.29, 1.82) is 0 Å². The molecule has 1 aliphatic carbocycles. The van der Waals surface area contributed by atoms with Crippen molar-refractivity contribution in [3.63, 3.8) is 0 Å². The Morgan fingerprint density at radius 1 is 1.25 bits per heavy atom. The Labute approximate surface area is 120 Å². The SMILES string of the molecule is Cc1cccc(OC2CCOC3(CCCCC3)C2)c1F. The summed E-state index contributed by atoms with van der Waals surface area (Å²) >= 11 is 0. The quantitative estimate of drug-likeness (QED) is 0.798. The Bertz CT molecular complexity index is 461. The van der Waals surface area contributed by atoms with Crippen molar-refractivity contribution in [3.05, 3.63) is 29.6 Å². The van der Waals surface area contributed by atoms with Gasteiger partial charge in [0.2, 0.25) is 0 Å². The van der Waals surface area contributed by atoms with Gasteiger partial charge in [0.15, 0.2) is 11.6 Å². The van der Waals surface area contributed by atoms with Crippen LogP contribution in [0.3, 0.4) is 0 Å². The normalized spacial score (nSPS) is 25.6. The van der Waals surface area contributed by atoms with E-state index in [0.717, 1.165) is 32.3 Å². The minimum Gasteiger partial charge on any atom is -0.487 e. The van der Waals surface area contributed by atoms with Crippen molar-refractivity contribution in [2.75, 3.05) is 6.61 Å². The molecule has 1 saturated carbocycles. The summed E-state index contributed by atoms with van der Waals surface area (Å²) < 4.78 is 26.0. The predicted octanol–water partition coefficient (Wildman–Crippen LogP) is 4.39. The molecule has 2 aliphatic rings. The fourth-order valence-corrected chi connectivity index (χ4v) is 3.52. The molecule has 2 nitrogen and oxygen atoms in total. The third-order valence-electron chi connectivity index (χ3n) is 4.66. The number of benzene rings is 1.